The summed E-state index contributed by atoms with van der Waals surface area (Å²) in [5.41, 5.74) is 0. The van der Waals surface area contributed by atoms with Crippen LogP contribution in [-0.2, 0) is 4.79 Å². The zero-order valence-corrected chi connectivity index (χ0v) is 31.2. The lowest BCUT2D eigenvalue weighted by Gasteiger charge is -2.26. The Morgan fingerprint density at radius 3 is 1.04 bits per heavy atom. The Morgan fingerprint density at radius 1 is 0.457 bits per heavy atom. The Kier molecular flexibility index (Phi) is 36.6. The van der Waals surface area contributed by atoms with Crippen LogP contribution in [0.25, 0.3) is 0 Å². The van der Waals surface area contributed by atoms with E-state index in [1.165, 1.54) is 173 Å². The van der Waals surface area contributed by atoms with Crippen molar-refractivity contribution < 1.29 is 20.1 Å². The van der Waals surface area contributed by atoms with E-state index in [4.69, 9.17) is 0 Å². The molecular weight excluding hydrogens is 570 g/mol. The molecule has 3 unspecified atom stereocenters. The summed E-state index contributed by atoms with van der Waals surface area (Å²) < 4.78 is 0. The summed E-state index contributed by atoms with van der Waals surface area (Å²) in [6, 6.07) is -0.801. The van der Waals surface area contributed by atoms with Gasteiger partial charge in [-0.1, -0.05) is 213 Å². The minimum absolute atomic E-state index is 0.142. The molecule has 5 nitrogen and oxygen atoms in total. The van der Waals surface area contributed by atoms with Crippen molar-refractivity contribution in [2.45, 2.75) is 250 Å². The summed E-state index contributed by atoms with van der Waals surface area (Å²) in [5.74, 6) is -0.142. The van der Waals surface area contributed by atoms with Gasteiger partial charge in [0.25, 0.3) is 0 Å². The van der Waals surface area contributed by atoms with Crippen LogP contribution in [0, 0.1) is 0 Å². The molecule has 0 aromatic heterocycles. The first kappa shape index (κ1) is 45.3. The van der Waals surface area contributed by atoms with Crippen molar-refractivity contribution >= 4 is 5.91 Å². The minimum atomic E-state index is -1.13. The fraction of sp³-hybridized carbons (Fsp3) is 0.976. The summed E-state index contributed by atoms with van der Waals surface area (Å²) in [4.78, 5) is 12.4. The quantitative estimate of drug-likeness (QED) is 0.0499. The molecule has 0 heterocycles. The normalized spacial score (nSPS) is 13.6. The molecule has 0 aromatic carbocycles. The number of carbonyl (C=O) groups excluding carboxylic acids is 1. The van der Waals surface area contributed by atoms with Crippen molar-refractivity contribution in [2.75, 3.05) is 6.61 Å². The highest BCUT2D eigenvalue weighted by Gasteiger charge is 2.26. The first-order valence-corrected chi connectivity index (χ1v) is 20.8. The number of aliphatic hydroxyl groups is 3. The van der Waals surface area contributed by atoms with Gasteiger partial charge in [0.05, 0.1) is 18.8 Å². The standard InChI is InChI=1S/C41H83NO4/c1-3-5-7-9-11-13-15-17-18-19-20-21-22-23-24-25-27-29-31-33-35-39(44)41(46)38(37-43)42-40(45)36-34-32-30-28-26-16-14-12-10-8-6-4-2/h38-39,41,43-44,46H,3-37H2,1-2H3,(H,42,45). The molecule has 0 saturated heterocycles. The zero-order chi connectivity index (χ0) is 33.8. The molecule has 0 saturated carbocycles. The van der Waals surface area contributed by atoms with Gasteiger partial charge in [-0.15, -0.1) is 0 Å². The van der Waals surface area contributed by atoms with E-state index < -0.39 is 18.2 Å². The smallest absolute Gasteiger partial charge is 0.220 e. The van der Waals surface area contributed by atoms with E-state index in [1.807, 2.05) is 0 Å². The molecule has 0 spiro atoms. The highest BCUT2D eigenvalue weighted by molar-refractivity contribution is 5.76. The molecule has 0 aliphatic carbocycles. The third kappa shape index (κ3) is 31.9. The summed E-state index contributed by atoms with van der Waals surface area (Å²) in [5, 5.41) is 33.5. The Hall–Kier alpha value is -0.650. The second-order valence-electron chi connectivity index (χ2n) is 14.6. The Bertz CT molecular complexity index is 601. The molecule has 0 rings (SSSR count). The predicted molar refractivity (Wildman–Crippen MR) is 199 cm³/mol. The molecule has 46 heavy (non-hydrogen) atoms. The van der Waals surface area contributed by atoms with Crippen molar-refractivity contribution in [3.63, 3.8) is 0 Å². The van der Waals surface area contributed by atoms with Gasteiger partial charge in [-0.2, -0.15) is 0 Å². The lowest BCUT2D eigenvalue weighted by molar-refractivity contribution is -0.124. The van der Waals surface area contributed by atoms with Gasteiger partial charge in [0.1, 0.15) is 6.10 Å². The van der Waals surface area contributed by atoms with E-state index in [9.17, 15) is 20.1 Å². The Labute approximate surface area is 287 Å². The molecule has 1 amide bonds. The maximum atomic E-state index is 12.4. The van der Waals surface area contributed by atoms with Crippen LogP contribution >= 0.6 is 0 Å². The highest BCUT2D eigenvalue weighted by atomic mass is 16.3. The lowest BCUT2D eigenvalue weighted by Crippen LogP contribution is -2.50. The van der Waals surface area contributed by atoms with Crippen molar-refractivity contribution in [1.82, 2.24) is 5.32 Å². The summed E-state index contributed by atoms with van der Waals surface area (Å²) in [6.45, 7) is 4.18. The summed E-state index contributed by atoms with van der Waals surface area (Å²) >= 11 is 0. The van der Waals surface area contributed by atoms with E-state index in [1.54, 1.807) is 0 Å². The SMILES string of the molecule is CCCCCCCCCCCCCCCCCCCCCCC(O)C(O)C(CO)NC(=O)CCCCCCCCCCCCCC. The van der Waals surface area contributed by atoms with Crippen LogP contribution in [-0.4, -0.2) is 46.1 Å². The highest BCUT2D eigenvalue weighted by Crippen LogP contribution is 2.17. The average molecular weight is 654 g/mol. The van der Waals surface area contributed by atoms with Crippen LogP contribution in [0.2, 0.25) is 0 Å². The van der Waals surface area contributed by atoms with Crippen LogP contribution in [0.1, 0.15) is 232 Å². The lowest BCUT2D eigenvalue weighted by atomic mass is 9.99. The fourth-order valence-electron chi connectivity index (χ4n) is 6.69. The third-order valence-corrected chi connectivity index (χ3v) is 9.96. The number of aliphatic hydroxyl groups excluding tert-OH is 3. The number of hydrogen-bond acceptors (Lipinski definition) is 4. The van der Waals surface area contributed by atoms with E-state index in [2.05, 4.69) is 19.2 Å². The molecule has 4 N–H and O–H groups in total. The largest absolute Gasteiger partial charge is 0.394 e. The Balaban J connectivity index is 3.58. The van der Waals surface area contributed by atoms with Gasteiger partial charge >= 0.3 is 0 Å². The number of nitrogens with one attached hydrogen (secondary N) is 1. The van der Waals surface area contributed by atoms with Gasteiger partial charge in [-0.05, 0) is 12.8 Å². The van der Waals surface area contributed by atoms with Gasteiger partial charge in [0.2, 0.25) is 5.91 Å². The number of rotatable bonds is 38. The molecule has 3 atom stereocenters. The van der Waals surface area contributed by atoms with Crippen LogP contribution in [0.5, 0.6) is 0 Å². The van der Waals surface area contributed by atoms with Crippen LogP contribution in [0.3, 0.4) is 0 Å². The first-order valence-electron chi connectivity index (χ1n) is 20.8. The summed E-state index contributed by atoms with van der Waals surface area (Å²) in [6.07, 6.45) is 40.6. The third-order valence-electron chi connectivity index (χ3n) is 9.96. The molecular formula is C41H83NO4. The molecule has 0 radical (unpaired) electrons. The predicted octanol–water partition coefficient (Wildman–Crippen LogP) is 11.5. The van der Waals surface area contributed by atoms with Crippen molar-refractivity contribution in [1.29, 1.82) is 0 Å². The maximum Gasteiger partial charge on any atom is 0.220 e. The van der Waals surface area contributed by atoms with E-state index in [0.717, 1.165) is 32.1 Å². The summed E-state index contributed by atoms with van der Waals surface area (Å²) in [7, 11) is 0. The number of amides is 1. The monoisotopic (exact) mass is 654 g/mol. The second-order valence-corrected chi connectivity index (χ2v) is 14.6. The maximum absolute atomic E-state index is 12.4. The Morgan fingerprint density at radius 2 is 0.739 bits per heavy atom. The van der Waals surface area contributed by atoms with Crippen molar-refractivity contribution in [3.05, 3.63) is 0 Å². The van der Waals surface area contributed by atoms with Crippen LogP contribution < -0.4 is 5.32 Å². The topological polar surface area (TPSA) is 89.8 Å². The van der Waals surface area contributed by atoms with E-state index >= 15 is 0 Å². The fourth-order valence-corrected chi connectivity index (χ4v) is 6.69. The molecule has 0 fully saturated rings. The van der Waals surface area contributed by atoms with Crippen molar-refractivity contribution in [3.8, 4) is 0 Å². The molecule has 0 aliphatic rings. The second kappa shape index (κ2) is 37.2. The number of carbonyl (C=O) groups is 1. The average Bonchev–Trinajstić information content (AvgIpc) is 3.06. The number of hydrogen-bond donors (Lipinski definition) is 4. The van der Waals surface area contributed by atoms with Gasteiger partial charge in [-0.25, -0.2) is 0 Å². The molecule has 276 valence electrons. The van der Waals surface area contributed by atoms with E-state index in [0.29, 0.717) is 12.8 Å². The minimum Gasteiger partial charge on any atom is -0.394 e. The van der Waals surface area contributed by atoms with Crippen molar-refractivity contribution in [2.24, 2.45) is 0 Å². The van der Waals surface area contributed by atoms with Gasteiger partial charge in [0.15, 0.2) is 0 Å². The molecule has 5 heteroatoms. The van der Waals surface area contributed by atoms with Crippen LogP contribution in [0.15, 0.2) is 0 Å². The number of unbranched alkanes of at least 4 members (excludes halogenated alkanes) is 30. The van der Waals surface area contributed by atoms with Gasteiger partial charge in [0, 0.05) is 6.42 Å². The van der Waals surface area contributed by atoms with Crippen LogP contribution in [0.4, 0.5) is 0 Å². The van der Waals surface area contributed by atoms with E-state index in [-0.39, 0.29) is 12.5 Å². The zero-order valence-electron chi connectivity index (χ0n) is 31.2. The van der Waals surface area contributed by atoms with Gasteiger partial charge in [-0.3, -0.25) is 4.79 Å². The molecule has 0 aromatic rings. The molecule has 0 bridgehead atoms. The van der Waals surface area contributed by atoms with Gasteiger partial charge < -0.3 is 20.6 Å². The molecule has 0 aliphatic heterocycles. The first-order chi connectivity index (χ1) is 22.6.